The van der Waals surface area contributed by atoms with Crippen molar-refractivity contribution >= 4 is 39.7 Å². The number of aromatic nitrogens is 3. The number of ether oxygens (including phenoxy) is 1. The van der Waals surface area contributed by atoms with Crippen molar-refractivity contribution in [1.29, 1.82) is 0 Å². The van der Waals surface area contributed by atoms with E-state index in [-0.39, 0.29) is 25.0 Å². The molecule has 3 amide bonds. The maximum atomic E-state index is 13.3. The number of nitrogens with zero attached hydrogens (tertiary/aromatic N) is 4. The lowest BCUT2D eigenvalue weighted by molar-refractivity contribution is 0.0640. The number of hydrogen-bond donors (Lipinski definition) is 1. The molecule has 7 rings (SSSR count). The molecule has 0 atom stereocenters. The third-order valence-electron chi connectivity index (χ3n) is 9.20. The molecule has 1 aliphatic rings. The fraction of sp³-hybridized carbons (Fsp3) is 0.195. The first-order chi connectivity index (χ1) is 24.3. The number of carbonyl (C=O) groups is 3. The minimum atomic E-state index is -0.470. The first-order valence-corrected chi connectivity index (χ1v) is 16.6. The predicted molar refractivity (Wildman–Crippen MR) is 193 cm³/mol. The van der Waals surface area contributed by atoms with Gasteiger partial charge >= 0.3 is 0 Å². The van der Waals surface area contributed by atoms with E-state index in [0.717, 1.165) is 51.5 Å². The van der Waals surface area contributed by atoms with Gasteiger partial charge in [0.2, 0.25) is 5.91 Å². The van der Waals surface area contributed by atoms with Gasteiger partial charge < -0.3 is 15.0 Å². The summed E-state index contributed by atoms with van der Waals surface area (Å²) >= 11 is 0. The molecule has 0 fully saturated rings. The van der Waals surface area contributed by atoms with Crippen LogP contribution in [0.1, 0.15) is 73.1 Å². The number of nitrogens with two attached hydrogens (primary N) is 1. The standard InChI is InChI=1S/C41H35N5O4/c1-4-6-12-28-29(16-11-17-30(28)39(42)47)35-36-37(33-15-9-10-18-34(33)44-35)45(24-43-36)22-26-20-25(3)38(50-19-5-2)27(21-26)23-46-40(48)31-13-7-8-14-32(31)41(46)49/h2,7-11,13-18,20-21,24H,4,6,12,19,22-23H2,1,3H3,(H2,42,47). The molecule has 6 aromatic rings. The van der Waals surface area contributed by atoms with Gasteiger partial charge in [0, 0.05) is 28.6 Å². The fourth-order valence-electron chi connectivity index (χ4n) is 6.96. The minimum absolute atomic E-state index is 0.0271. The molecule has 4 aromatic carbocycles. The van der Waals surface area contributed by atoms with Gasteiger partial charge in [0.1, 0.15) is 17.9 Å². The second kappa shape index (κ2) is 13.3. The third kappa shape index (κ3) is 5.65. The summed E-state index contributed by atoms with van der Waals surface area (Å²) in [6.07, 6.45) is 9.88. The van der Waals surface area contributed by atoms with Crippen LogP contribution in [0.15, 0.2) is 85.2 Å². The first-order valence-electron chi connectivity index (χ1n) is 16.6. The van der Waals surface area contributed by atoms with Crippen LogP contribution >= 0.6 is 0 Å². The summed E-state index contributed by atoms with van der Waals surface area (Å²) in [4.78, 5) is 50.4. The van der Waals surface area contributed by atoms with Crippen molar-refractivity contribution < 1.29 is 19.1 Å². The van der Waals surface area contributed by atoms with Crippen LogP contribution in [0.5, 0.6) is 5.75 Å². The molecular formula is C41H35N5O4. The van der Waals surface area contributed by atoms with Gasteiger partial charge in [-0.3, -0.25) is 19.3 Å². The summed E-state index contributed by atoms with van der Waals surface area (Å²) in [5.74, 6) is 1.90. The summed E-state index contributed by atoms with van der Waals surface area (Å²) in [6, 6.07) is 24.3. The van der Waals surface area contributed by atoms with Crippen LogP contribution in [-0.4, -0.2) is 43.8 Å². The first kappa shape index (κ1) is 32.3. The number of primary amides is 1. The van der Waals surface area contributed by atoms with E-state index in [9.17, 15) is 14.4 Å². The van der Waals surface area contributed by atoms with E-state index in [4.69, 9.17) is 26.9 Å². The van der Waals surface area contributed by atoms with Crippen LogP contribution in [0.4, 0.5) is 0 Å². The number of benzene rings is 4. The van der Waals surface area contributed by atoms with Crippen LogP contribution in [0.25, 0.3) is 33.2 Å². The molecule has 0 spiro atoms. The Morgan fingerprint density at radius 1 is 0.940 bits per heavy atom. The number of aryl methyl sites for hydroxylation is 1. The number of carbonyl (C=O) groups excluding carboxylic acids is 3. The van der Waals surface area contributed by atoms with Crippen molar-refractivity contribution in [3.8, 4) is 29.4 Å². The number of unbranched alkanes of at least 4 members (excludes halogenated alkanes) is 1. The van der Waals surface area contributed by atoms with Crippen molar-refractivity contribution in [2.45, 2.75) is 46.2 Å². The molecule has 9 heteroatoms. The van der Waals surface area contributed by atoms with Gasteiger partial charge in [-0.1, -0.05) is 67.8 Å². The van der Waals surface area contributed by atoms with Gasteiger partial charge in [-0.2, -0.15) is 0 Å². The third-order valence-corrected chi connectivity index (χ3v) is 9.20. The van der Waals surface area contributed by atoms with Gasteiger partial charge in [0.05, 0.1) is 40.7 Å². The average molecular weight is 662 g/mol. The average Bonchev–Trinajstić information content (AvgIpc) is 3.64. The molecule has 2 aromatic heterocycles. The molecule has 0 bridgehead atoms. The van der Waals surface area contributed by atoms with Gasteiger partial charge in [-0.15, -0.1) is 6.42 Å². The smallest absolute Gasteiger partial charge is 0.261 e. The zero-order valence-corrected chi connectivity index (χ0v) is 27.9. The van der Waals surface area contributed by atoms with Crippen LogP contribution in [-0.2, 0) is 19.5 Å². The fourth-order valence-corrected chi connectivity index (χ4v) is 6.96. The SMILES string of the molecule is C#CCOc1c(C)cc(Cn2cnc3c(-c4cccc(C(N)=O)c4CCCC)nc4ccccc4c32)cc1CN1C(=O)c2ccccc2C1=O. The Bertz CT molecular complexity index is 2350. The minimum Gasteiger partial charge on any atom is -0.480 e. The number of imidazole rings is 1. The number of rotatable bonds is 11. The summed E-state index contributed by atoms with van der Waals surface area (Å²) < 4.78 is 8.06. The van der Waals surface area contributed by atoms with Crippen LogP contribution in [0.2, 0.25) is 0 Å². The number of pyridine rings is 1. The number of para-hydroxylation sites is 1. The Hall–Kier alpha value is -6.27. The summed E-state index contributed by atoms with van der Waals surface area (Å²) in [6.45, 7) is 4.54. The molecular weight excluding hydrogens is 626 g/mol. The van der Waals surface area contributed by atoms with E-state index in [1.54, 1.807) is 36.7 Å². The second-order valence-corrected chi connectivity index (χ2v) is 12.5. The Morgan fingerprint density at radius 2 is 1.66 bits per heavy atom. The number of fused-ring (bicyclic) bond motifs is 4. The van der Waals surface area contributed by atoms with E-state index in [2.05, 4.69) is 17.4 Å². The monoisotopic (exact) mass is 661 g/mol. The summed E-state index contributed by atoms with van der Waals surface area (Å²) in [7, 11) is 0. The maximum Gasteiger partial charge on any atom is 0.261 e. The van der Waals surface area contributed by atoms with E-state index in [0.29, 0.717) is 52.2 Å². The number of hydrogen-bond acceptors (Lipinski definition) is 6. The van der Waals surface area contributed by atoms with Gasteiger partial charge in [0.25, 0.3) is 11.8 Å². The molecule has 0 saturated carbocycles. The quantitative estimate of drug-likeness (QED) is 0.120. The molecule has 50 heavy (non-hydrogen) atoms. The van der Waals surface area contributed by atoms with Crippen molar-refractivity contribution in [2.24, 2.45) is 5.73 Å². The van der Waals surface area contributed by atoms with Gasteiger partial charge in [-0.05, 0) is 66.8 Å². The molecule has 9 nitrogen and oxygen atoms in total. The topological polar surface area (TPSA) is 120 Å². The number of amides is 3. The lowest BCUT2D eigenvalue weighted by Gasteiger charge is -2.20. The highest BCUT2D eigenvalue weighted by Crippen LogP contribution is 2.36. The normalized spacial score (nSPS) is 12.5. The largest absolute Gasteiger partial charge is 0.480 e. The number of terminal acetylenes is 1. The highest BCUT2D eigenvalue weighted by Gasteiger charge is 2.35. The van der Waals surface area contributed by atoms with Crippen molar-refractivity contribution in [3.63, 3.8) is 0 Å². The van der Waals surface area contributed by atoms with Crippen LogP contribution < -0.4 is 10.5 Å². The van der Waals surface area contributed by atoms with E-state index in [1.165, 1.54) is 4.90 Å². The van der Waals surface area contributed by atoms with E-state index < -0.39 is 5.91 Å². The maximum absolute atomic E-state index is 13.3. The summed E-state index contributed by atoms with van der Waals surface area (Å²) in [5.41, 5.74) is 14.3. The number of imide groups is 1. The van der Waals surface area contributed by atoms with Crippen molar-refractivity contribution in [2.75, 3.05) is 6.61 Å². The Kier molecular flexibility index (Phi) is 8.60. The second-order valence-electron chi connectivity index (χ2n) is 12.5. The molecule has 0 radical (unpaired) electrons. The zero-order chi connectivity index (χ0) is 34.9. The summed E-state index contributed by atoms with van der Waals surface area (Å²) in [5, 5.41) is 0.932. The predicted octanol–water partition coefficient (Wildman–Crippen LogP) is 6.86. The molecule has 248 valence electrons. The molecule has 0 aliphatic carbocycles. The van der Waals surface area contributed by atoms with Crippen LogP contribution in [0.3, 0.4) is 0 Å². The van der Waals surface area contributed by atoms with Gasteiger partial charge in [0.15, 0.2) is 0 Å². The zero-order valence-electron chi connectivity index (χ0n) is 27.9. The van der Waals surface area contributed by atoms with Crippen molar-refractivity contribution in [3.05, 3.63) is 124 Å². The molecule has 3 heterocycles. The van der Waals surface area contributed by atoms with Crippen molar-refractivity contribution in [1.82, 2.24) is 19.4 Å². The Morgan fingerprint density at radius 3 is 2.38 bits per heavy atom. The highest BCUT2D eigenvalue weighted by atomic mass is 16.5. The lowest BCUT2D eigenvalue weighted by Crippen LogP contribution is -2.29. The molecule has 2 N–H and O–H groups in total. The highest BCUT2D eigenvalue weighted by molar-refractivity contribution is 6.21. The Labute approximate surface area is 289 Å². The molecule has 1 aliphatic heterocycles. The van der Waals surface area contributed by atoms with E-state index in [1.807, 2.05) is 55.5 Å². The van der Waals surface area contributed by atoms with Gasteiger partial charge in [-0.25, -0.2) is 9.97 Å². The van der Waals surface area contributed by atoms with Crippen LogP contribution in [0, 0.1) is 19.3 Å². The van der Waals surface area contributed by atoms with E-state index >= 15 is 0 Å². The lowest BCUT2D eigenvalue weighted by atomic mass is 9.93. The molecule has 0 saturated heterocycles. The molecule has 0 unspecified atom stereocenters. The Balaban J connectivity index is 1.34.